The van der Waals surface area contributed by atoms with E-state index in [1.807, 2.05) is 25.3 Å². The quantitative estimate of drug-likeness (QED) is 0.743. The minimum atomic E-state index is -0.112. The zero-order valence-corrected chi connectivity index (χ0v) is 15.1. The second kappa shape index (κ2) is 6.78. The summed E-state index contributed by atoms with van der Waals surface area (Å²) in [5, 5.41) is 2.91. The summed E-state index contributed by atoms with van der Waals surface area (Å²) in [6, 6.07) is 8.04. The molecule has 0 unspecified atom stereocenters. The Morgan fingerprint density at radius 3 is 2.77 bits per heavy atom. The number of anilines is 1. The standard InChI is InChI=1S/C20H23N5O/c1-14-9-22-17(10-21-14)11-23-20(26)16-5-6-18-7-8-19(25(18)13-16)24(2)12-15-3-4-15/h5-10,13,15H,3-4,11-12H2,1-2H3,(H,23,26). The van der Waals surface area contributed by atoms with Gasteiger partial charge in [-0.05, 0) is 49.9 Å². The molecular formula is C20H23N5O. The molecular weight excluding hydrogens is 326 g/mol. The number of hydrogen-bond acceptors (Lipinski definition) is 4. The summed E-state index contributed by atoms with van der Waals surface area (Å²) in [4.78, 5) is 23.3. The highest BCUT2D eigenvalue weighted by Crippen LogP contribution is 2.31. The first-order chi connectivity index (χ1) is 12.6. The summed E-state index contributed by atoms with van der Waals surface area (Å²) in [7, 11) is 2.11. The lowest BCUT2D eigenvalue weighted by atomic mass is 10.2. The minimum absolute atomic E-state index is 0.112. The van der Waals surface area contributed by atoms with Crippen molar-refractivity contribution in [3.63, 3.8) is 0 Å². The van der Waals surface area contributed by atoms with E-state index in [9.17, 15) is 4.79 Å². The molecule has 0 radical (unpaired) electrons. The van der Waals surface area contributed by atoms with Crippen molar-refractivity contribution in [3.05, 3.63) is 59.8 Å². The number of pyridine rings is 1. The number of carbonyl (C=O) groups excluding carboxylic acids is 1. The largest absolute Gasteiger partial charge is 0.361 e. The van der Waals surface area contributed by atoms with E-state index >= 15 is 0 Å². The molecule has 1 saturated carbocycles. The normalized spacial score (nSPS) is 13.8. The second-order valence-electron chi connectivity index (χ2n) is 7.06. The van der Waals surface area contributed by atoms with Gasteiger partial charge in [0.05, 0.1) is 29.7 Å². The van der Waals surface area contributed by atoms with E-state index in [2.05, 4.69) is 43.8 Å². The Labute approximate surface area is 152 Å². The van der Waals surface area contributed by atoms with Crippen LogP contribution in [-0.4, -0.2) is 33.9 Å². The van der Waals surface area contributed by atoms with Gasteiger partial charge in [0, 0.05) is 31.5 Å². The van der Waals surface area contributed by atoms with Crippen molar-refractivity contribution in [2.45, 2.75) is 26.3 Å². The van der Waals surface area contributed by atoms with Gasteiger partial charge in [0.2, 0.25) is 0 Å². The van der Waals surface area contributed by atoms with Gasteiger partial charge in [0.25, 0.3) is 5.91 Å². The van der Waals surface area contributed by atoms with E-state index in [4.69, 9.17) is 0 Å². The van der Waals surface area contributed by atoms with Crippen LogP contribution in [-0.2, 0) is 6.54 Å². The summed E-state index contributed by atoms with van der Waals surface area (Å²) in [6.07, 6.45) is 7.95. The molecule has 0 bridgehead atoms. The van der Waals surface area contributed by atoms with Crippen LogP contribution in [0.5, 0.6) is 0 Å². The number of aryl methyl sites for hydroxylation is 1. The van der Waals surface area contributed by atoms with Crippen molar-refractivity contribution in [1.82, 2.24) is 19.7 Å². The molecule has 1 fully saturated rings. The fraction of sp³-hybridized carbons (Fsp3) is 0.350. The molecule has 1 aliphatic rings. The van der Waals surface area contributed by atoms with Crippen LogP contribution in [0.2, 0.25) is 0 Å². The van der Waals surface area contributed by atoms with Crippen LogP contribution >= 0.6 is 0 Å². The fourth-order valence-corrected chi connectivity index (χ4v) is 3.10. The number of hydrogen-bond donors (Lipinski definition) is 1. The highest BCUT2D eigenvalue weighted by molar-refractivity contribution is 5.94. The summed E-state index contributed by atoms with van der Waals surface area (Å²) in [6.45, 7) is 3.32. The van der Waals surface area contributed by atoms with Gasteiger partial charge in [-0.25, -0.2) is 0 Å². The van der Waals surface area contributed by atoms with Crippen LogP contribution in [0.25, 0.3) is 5.52 Å². The Hall–Kier alpha value is -2.89. The lowest BCUT2D eigenvalue weighted by molar-refractivity contribution is 0.0950. The molecule has 26 heavy (non-hydrogen) atoms. The predicted octanol–water partition coefficient (Wildman–Crippen LogP) is 2.81. The minimum Gasteiger partial charge on any atom is -0.361 e. The first kappa shape index (κ1) is 16.6. The van der Waals surface area contributed by atoms with Crippen LogP contribution in [0.15, 0.2) is 42.9 Å². The predicted molar refractivity (Wildman–Crippen MR) is 101 cm³/mol. The molecule has 134 valence electrons. The number of aromatic nitrogens is 3. The summed E-state index contributed by atoms with van der Waals surface area (Å²) in [5.41, 5.74) is 3.33. The Kier molecular flexibility index (Phi) is 4.32. The van der Waals surface area contributed by atoms with Crippen molar-refractivity contribution in [1.29, 1.82) is 0 Å². The van der Waals surface area contributed by atoms with Crippen LogP contribution in [0.3, 0.4) is 0 Å². The van der Waals surface area contributed by atoms with Gasteiger partial charge in [-0.3, -0.25) is 14.8 Å². The van der Waals surface area contributed by atoms with Gasteiger partial charge in [0.15, 0.2) is 0 Å². The van der Waals surface area contributed by atoms with Gasteiger partial charge in [-0.15, -0.1) is 0 Å². The maximum absolute atomic E-state index is 12.5. The molecule has 4 rings (SSSR count). The maximum Gasteiger partial charge on any atom is 0.253 e. The zero-order valence-electron chi connectivity index (χ0n) is 15.1. The topological polar surface area (TPSA) is 62.5 Å². The molecule has 0 spiro atoms. The van der Waals surface area contributed by atoms with Crippen molar-refractivity contribution in [3.8, 4) is 0 Å². The van der Waals surface area contributed by atoms with Gasteiger partial charge in [-0.2, -0.15) is 0 Å². The molecule has 0 aliphatic heterocycles. The lowest BCUT2D eigenvalue weighted by Crippen LogP contribution is -2.24. The second-order valence-corrected chi connectivity index (χ2v) is 7.06. The van der Waals surface area contributed by atoms with E-state index in [1.165, 1.54) is 12.8 Å². The Morgan fingerprint density at radius 2 is 2.04 bits per heavy atom. The Bertz CT molecular complexity index is 927. The number of carbonyl (C=O) groups is 1. The van der Waals surface area contributed by atoms with Crippen LogP contribution < -0.4 is 10.2 Å². The highest BCUT2D eigenvalue weighted by atomic mass is 16.1. The van der Waals surface area contributed by atoms with Crippen molar-refractivity contribution < 1.29 is 4.79 Å². The van der Waals surface area contributed by atoms with Crippen molar-refractivity contribution in [2.75, 3.05) is 18.5 Å². The van der Waals surface area contributed by atoms with Gasteiger partial charge >= 0.3 is 0 Å². The first-order valence-electron chi connectivity index (χ1n) is 8.98. The van der Waals surface area contributed by atoms with Crippen LogP contribution in [0.4, 0.5) is 5.82 Å². The molecule has 6 heteroatoms. The first-order valence-corrected chi connectivity index (χ1v) is 8.98. The van der Waals surface area contributed by atoms with Crippen LogP contribution in [0.1, 0.15) is 34.6 Å². The molecule has 1 aliphatic carbocycles. The fourth-order valence-electron chi connectivity index (χ4n) is 3.10. The van der Waals surface area contributed by atoms with Crippen molar-refractivity contribution >= 4 is 17.2 Å². The monoisotopic (exact) mass is 349 g/mol. The molecule has 0 aromatic carbocycles. The SMILES string of the molecule is Cc1cnc(CNC(=O)c2ccc3ccc(N(C)CC4CC4)n3c2)cn1. The van der Waals surface area contributed by atoms with E-state index in [-0.39, 0.29) is 5.91 Å². The van der Waals surface area contributed by atoms with E-state index in [1.54, 1.807) is 12.4 Å². The number of nitrogens with one attached hydrogen (secondary N) is 1. The average molecular weight is 349 g/mol. The third kappa shape index (κ3) is 3.54. The average Bonchev–Trinajstić information content (AvgIpc) is 3.35. The summed E-state index contributed by atoms with van der Waals surface area (Å²) in [5.74, 6) is 1.82. The van der Waals surface area contributed by atoms with Gasteiger partial charge in [0.1, 0.15) is 5.82 Å². The molecule has 1 amide bonds. The van der Waals surface area contributed by atoms with Gasteiger partial charge < -0.3 is 14.6 Å². The molecule has 3 aromatic rings. The molecule has 3 heterocycles. The van der Waals surface area contributed by atoms with Gasteiger partial charge in [-0.1, -0.05) is 0 Å². The molecule has 1 N–H and O–H groups in total. The molecule has 0 saturated heterocycles. The molecule has 0 atom stereocenters. The maximum atomic E-state index is 12.5. The van der Waals surface area contributed by atoms with Crippen LogP contribution in [0, 0.1) is 12.8 Å². The van der Waals surface area contributed by atoms with E-state index in [0.29, 0.717) is 12.1 Å². The third-order valence-corrected chi connectivity index (χ3v) is 4.78. The third-order valence-electron chi connectivity index (χ3n) is 4.78. The van der Waals surface area contributed by atoms with Crippen molar-refractivity contribution in [2.24, 2.45) is 5.92 Å². The zero-order chi connectivity index (χ0) is 18.1. The highest BCUT2D eigenvalue weighted by Gasteiger charge is 2.23. The number of nitrogens with zero attached hydrogens (tertiary/aromatic N) is 4. The number of rotatable bonds is 6. The smallest absolute Gasteiger partial charge is 0.253 e. The number of amides is 1. The molecule has 6 nitrogen and oxygen atoms in total. The number of fused-ring (bicyclic) bond motifs is 1. The molecule has 3 aromatic heterocycles. The van der Waals surface area contributed by atoms with E-state index in [0.717, 1.165) is 35.2 Å². The summed E-state index contributed by atoms with van der Waals surface area (Å²) >= 11 is 0. The van der Waals surface area contributed by atoms with E-state index < -0.39 is 0 Å². The Balaban J connectivity index is 1.50. The lowest BCUT2D eigenvalue weighted by Gasteiger charge is -2.19. The summed E-state index contributed by atoms with van der Waals surface area (Å²) < 4.78 is 2.09. The Morgan fingerprint density at radius 1 is 1.23 bits per heavy atom.